The lowest BCUT2D eigenvalue weighted by atomic mass is 10.2. The Balaban J connectivity index is 1.55. The largest absolute Gasteiger partial charge is 0.307 e. The fourth-order valence-electron chi connectivity index (χ4n) is 2.82. The molecule has 2 heterocycles. The average molecular weight is 473 g/mol. The fourth-order valence-corrected chi connectivity index (χ4v) is 5.17. The molecule has 158 valence electrons. The van der Waals surface area contributed by atoms with E-state index in [0.717, 1.165) is 25.1 Å². The first-order chi connectivity index (χ1) is 14.8. The van der Waals surface area contributed by atoms with Crippen molar-refractivity contribution in [1.82, 2.24) is 14.3 Å². The normalized spacial score (nSPS) is 11.7. The molecule has 1 amide bonds. The van der Waals surface area contributed by atoms with Gasteiger partial charge in [-0.05, 0) is 42.5 Å². The number of hydrogen-bond donors (Lipinski definition) is 1. The number of benzene rings is 2. The van der Waals surface area contributed by atoms with Gasteiger partial charge in [0.25, 0.3) is 5.91 Å². The Hall–Kier alpha value is -2.85. The van der Waals surface area contributed by atoms with Gasteiger partial charge in [0.1, 0.15) is 15.7 Å². The summed E-state index contributed by atoms with van der Waals surface area (Å²) in [4.78, 5) is 21.4. The molecule has 7 nitrogen and oxygen atoms in total. The number of anilines is 1. The van der Waals surface area contributed by atoms with Crippen LogP contribution in [0, 0.1) is 0 Å². The minimum atomic E-state index is -3.78. The number of rotatable bonds is 5. The second-order valence-electron chi connectivity index (χ2n) is 6.81. The van der Waals surface area contributed by atoms with Gasteiger partial charge < -0.3 is 5.32 Å². The van der Waals surface area contributed by atoms with Crippen LogP contribution in [0.4, 0.5) is 5.82 Å². The second kappa shape index (κ2) is 8.35. The molecule has 1 N–H and O–H groups in total. The first kappa shape index (κ1) is 21.4. The molecule has 0 saturated heterocycles. The summed E-state index contributed by atoms with van der Waals surface area (Å²) in [5.74, 6) is -0.158. The van der Waals surface area contributed by atoms with Crippen LogP contribution in [0.5, 0.6) is 0 Å². The van der Waals surface area contributed by atoms with Crippen molar-refractivity contribution in [3.8, 4) is 10.6 Å². The maximum Gasteiger partial charge on any atom is 0.256 e. The van der Waals surface area contributed by atoms with Gasteiger partial charge in [-0.2, -0.15) is 0 Å². The molecule has 0 aliphatic carbocycles. The zero-order valence-electron chi connectivity index (χ0n) is 16.5. The molecule has 10 heteroatoms. The molecule has 2 aromatic heterocycles. The number of fused-ring (bicyclic) bond motifs is 1. The van der Waals surface area contributed by atoms with E-state index in [2.05, 4.69) is 15.3 Å². The van der Waals surface area contributed by atoms with Crippen LogP contribution in [0.1, 0.15) is 10.4 Å². The monoisotopic (exact) mass is 472 g/mol. The van der Waals surface area contributed by atoms with E-state index in [0.29, 0.717) is 5.82 Å². The molecule has 0 saturated carbocycles. The Bertz CT molecular complexity index is 1350. The summed E-state index contributed by atoms with van der Waals surface area (Å²) >= 11 is 7.60. The number of carbonyl (C=O) groups excluding carboxylic acids is 1. The minimum absolute atomic E-state index is 0.0450. The molecular weight excluding hydrogens is 456 g/mol. The van der Waals surface area contributed by atoms with Gasteiger partial charge in [-0.25, -0.2) is 22.7 Å². The second-order valence-corrected chi connectivity index (χ2v) is 10.4. The van der Waals surface area contributed by atoms with Gasteiger partial charge in [-0.1, -0.05) is 23.7 Å². The van der Waals surface area contributed by atoms with E-state index < -0.39 is 15.9 Å². The van der Waals surface area contributed by atoms with E-state index in [1.807, 2.05) is 30.3 Å². The number of hydrogen-bond acceptors (Lipinski definition) is 6. The van der Waals surface area contributed by atoms with Crippen LogP contribution in [0.2, 0.25) is 5.02 Å². The van der Waals surface area contributed by atoms with Crippen molar-refractivity contribution < 1.29 is 13.2 Å². The van der Waals surface area contributed by atoms with Crippen LogP contribution in [0.15, 0.2) is 65.7 Å². The van der Waals surface area contributed by atoms with Crippen molar-refractivity contribution in [2.75, 3.05) is 19.4 Å². The van der Waals surface area contributed by atoms with Crippen LogP contribution in [-0.4, -0.2) is 42.7 Å². The van der Waals surface area contributed by atoms with E-state index in [9.17, 15) is 13.2 Å². The van der Waals surface area contributed by atoms with Crippen LogP contribution >= 0.6 is 22.9 Å². The van der Waals surface area contributed by atoms with Crippen molar-refractivity contribution in [1.29, 1.82) is 0 Å². The van der Waals surface area contributed by atoms with Gasteiger partial charge in [0.05, 0.1) is 15.2 Å². The van der Waals surface area contributed by atoms with E-state index in [1.54, 1.807) is 23.6 Å². The minimum Gasteiger partial charge on any atom is -0.307 e. The number of halogens is 1. The first-order valence-electron chi connectivity index (χ1n) is 9.11. The summed E-state index contributed by atoms with van der Waals surface area (Å²) in [5.41, 5.74) is 1.91. The lowest BCUT2D eigenvalue weighted by molar-refractivity contribution is 0.102. The number of amides is 1. The van der Waals surface area contributed by atoms with Gasteiger partial charge >= 0.3 is 0 Å². The molecule has 0 aliphatic rings. The Kier molecular flexibility index (Phi) is 5.76. The highest BCUT2D eigenvalue weighted by atomic mass is 35.5. The van der Waals surface area contributed by atoms with Crippen molar-refractivity contribution in [2.45, 2.75) is 4.90 Å². The molecule has 0 radical (unpaired) electrons. The van der Waals surface area contributed by atoms with Gasteiger partial charge in [0.15, 0.2) is 0 Å². The zero-order valence-corrected chi connectivity index (χ0v) is 18.9. The molecule has 0 atom stereocenters. The van der Waals surface area contributed by atoms with Crippen molar-refractivity contribution in [2.24, 2.45) is 0 Å². The lowest BCUT2D eigenvalue weighted by Crippen LogP contribution is -2.23. The predicted octanol–water partition coefficient (Wildman–Crippen LogP) is 4.51. The Morgan fingerprint density at radius 1 is 1.10 bits per heavy atom. The van der Waals surface area contributed by atoms with Gasteiger partial charge in [-0.3, -0.25) is 4.79 Å². The molecule has 0 aliphatic heterocycles. The number of thiazole rings is 1. The standard InChI is InChI=1S/C21H17ClN4O3S2/c1-26(2)31(28,29)18-11-13(7-9-15(18)22)20(27)25-19-10-8-14(12-23-19)21-24-16-5-3-4-6-17(16)30-21/h3-12H,1-2H3,(H,23,25,27). The highest BCUT2D eigenvalue weighted by molar-refractivity contribution is 7.89. The van der Waals surface area contributed by atoms with Crippen molar-refractivity contribution >= 4 is 54.9 Å². The van der Waals surface area contributed by atoms with Gasteiger partial charge in [0.2, 0.25) is 10.0 Å². The number of carbonyl (C=O) groups is 1. The number of nitrogens with zero attached hydrogens (tertiary/aromatic N) is 3. The number of sulfonamides is 1. The van der Waals surface area contributed by atoms with Crippen LogP contribution in [0.25, 0.3) is 20.8 Å². The Morgan fingerprint density at radius 3 is 2.55 bits per heavy atom. The van der Waals surface area contributed by atoms with Crippen molar-refractivity contribution in [3.05, 3.63) is 71.4 Å². The molecular formula is C21H17ClN4O3S2. The zero-order chi connectivity index (χ0) is 22.2. The molecule has 2 aromatic carbocycles. The average Bonchev–Trinajstić information content (AvgIpc) is 3.18. The predicted molar refractivity (Wildman–Crippen MR) is 123 cm³/mol. The summed E-state index contributed by atoms with van der Waals surface area (Å²) in [7, 11) is -0.988. The SMILES string of the molecule is CN(C)S(=O)(=O)c1cc(C(=O)Nc2ccc(-c3nc4ccccc4s3)cn2)ccc1Cl. The van der Waals surface area contributed by atoms with E-state index in [1.165, 1.54) is 32.3 Å². The molecule has 4 aromatic rings. The van der Waals surface area contributed by atoms with Crippen LogP contribution in [0.3, 0.4) is 0 Å². The highest BCUT2D eigenvalue weighted by Gasteiger charge is 2.22. The third kappa shape index (κ3) is 4.31. The molecule has 0 spiro atoms. The molecule has 0 bridgehead atoms. The summed E-state index contributed by atoms with van der Waals surface area (Å²) in [6, 6.07) is 15.5. The maximum atomic E-state index is 12.6. The quantitative estimate of drug-likeness (QED) is 0.461. The molecule has 0 unspecified atom stereocenters. The molecule has 0 fully saturated rings. The molecule has 31 heavy (non-hydrogen) atoms. The maximum absolute atomic E-state index is 12.6. The fraction of sp³-hybridized carbons (Fsp3) is 0.0952. The smallest absolute Gasteiger partial charge is 0.256 e. The van der Waals surface area contributed by atoms with Crippen molar-refractivity contribution in [3.63, 3.8) is 0 Å². The summed E-state index contributed by atoms with van der Waals surface area (Å²) in [6.45, 7) is 0. The third-order valence-electron chi connectivity index (χ3n) is 4.50. The summed E-state index contributed by atoms with van der Waals surface area (Å²) < 4.78 is 27.0. The summed E-state index contributed by atoms with van der Waals surface area (Å²) in [5, 5.41) is 3.55. The van der Waals surface area contributed by atoms with E-state index in [4.69, 9.17) is 11.6 Å². The number of pyridine rings is 1. The first-order valence-corrected chi connectivity index (χ1v) is 11.7. The van der Waals surface area contributed by atoms with Crippen LogP contribution < -0.4 is 5.32 Å². The summed E-state index contributed by atoms with van der Waals surface area (Å²) in [6.07, 6.45) is 1.64. The lowest BCUT2D eigenvalue weighted by Gasteiger charge is -2.13. The van der Waals surface area contributed by atoms with Crippen LogP contribution in [-0.2, 0) is 10.0 Å². The number of para-hydroxylation sites is 1. The van der Waals surface area contributed by atoms with Gasteiger partial charge in [0, 0.05) is 31.4 Å². The molecule has 4 rings (SSSR count). The van der Waals surface area contributed by atoms with E-state index >= 15 is 0 Å². The van der Waals surface area contributed by atoms with Gasteiger partial charge in [-0.15, -0.1) is 11.3 Å². The third-order valence-corrected chi connectivity index (χ3v) is 7.88. The Morgan fingerprint density at radius 2 is 1.87 bits per heavy atom. The topological polar surface area (TPSA) is 92.3 Å². The van der Waals surface area contributed by atoms with E-state index in [-0.39, 0.29) is 15.5 Å². The highest BCUT2D eigenvalue weighted by Crippen LogP contribution is 2.30. The Labute approximate surface area is 188 Å². The number of nitrogens with one attached hydrogen (secondary N) is 1. The number of aromatic nitrogens is 2.